The zero-order valence-electron chi connectivity index (χ0n) is 7.97. The summed E-state index contributed by atoms with van der Waals surface area (Å²) in [5, 5.41) is 4.02. The Morgan fingerprint density at radius 3 is 3.00 bits per heavy atom. The topological polar surface area (TPSA) is 69.9 Å². The molecule has 0 saturated carbocycles. The Morgan fingerprint density at radius 2 is 2.43 bits per heavy atom. The summed E-state index contributed by atoms with van der Waals surface area (Å²) in [6.45, 7) is 3.03. The molecule has 0 amide bonds. The molecule has 0 aromatic carbocycles. The van der Waals surface area contributed by atoms with Crippen molar-refractivity contribution in [2.45, 2.75) is 20.0 Å². The molecule has 2 rings (SSSR count). The molecule has 0 saturated heterocycles. The Balaban J connectivity index is 2.20. The van der Waals surface area contributed by atoms with Gasteiger partial charge in [-0.1, -0.05) is 0 Å². The fourth-order valence-corrected chi connectivity index (χ4v) is 1.33. The van der Waals surface area contributed by atoms with Crippen LogP contribution in [0.2, 0.25) is 0 Å². The minimum atomic E-state index is 0.429. The minimum Gasteiger partial charge on any atom is -0.465 e. The highest BCUT2D eigenvalue weighted by molar-refractivity contribution is 5.20. The smallest absolute Gasteiger partial charge is 0.137 e. The Morgan fingerprint density at radius 1 is 1.57 bits per heavy atom. The normalized spacial score (nSPS) is 10.7. The van der Waals surface area contributed by atoms with Gasteiger partial charge in [0.2, 0.25) is 0 Å². The first-order valence-corrected chi connectivity index (χ1v) is 4.40. The number of rotatable bonds is 3. The van der Waals surface area contributed by atoms with Gasteiger partial charge in [-0.2, -0.15) is 5.10 Å². The average Bonchev–Trinajstić information content (AvgIpc) is 2.78. The number of furan rings is 1. The van der Waals surface area contributed by atoms with Crippen LogP contribution >= 0.6 is 0 Å². The first kappa shape index (κ1) is 8.96. The van der Waals surface area contributed by atoms with Gasteiger partial charge in [-0.15, -0.1) is 0 Å². The molecule has 0 fully saturated rings. The van der Waals surface area contributed by atoms with Crippen molar-refractivity contribution in [1.82, 2.24) is 14.8 Å². The van der Waals surface area contributed by atoms with Gasteiger partial charge in [0.1, 0.15) is 24.2 Å². The fraction of sp³-hybridized carbons (Fsp3) is 0.333. The highest BCUT2D eigenvalue weighted by Crippen LogP contribution is 2.14. The Kier molecular flexibility index (Phi) is 2.32. The predicted molar refractivity (Wildman–Crippen MR) is 50.5 cm³/mol. The van der Waals surface area contributed by atoms with Crippen LogP contribution in [-0.4, -0.2) is 14.8 Å². The molecule has 2 aromatic heterocycles. The molecule has 0 spiro atoms. The number of aromatic nitrogens is 3. The predicted octanol–water partition coefficient (Wildman–Crippen LogP) is 0.687. The summed E-state index contributed by atoms with van der Waals surface area (Å²) in [4.78, 5) is 3.87. The number of nitrogens with zero attached hydrogens (tertiary/aromatic N) is 3. The molecule has 74 valence electrons. The second kappa shape index (κ2) is 3.63. The van der Waals surface area contributed by atoms with E-state index in [0.717, 1.165) is 17.1 Å². The maximum absolute atomic E-state index is 5.48. The van der Waals surface area contributed by atoms with E-state index in [1.165, 1.54) is 6.33 Å². The summed E-state index contributed by atoms with van der Waals surface area (Å²) in [7, 11) is 0. The number of nitrogens with two attached hydrogens (primary N) is 1. The van der Waals surface area contributed by atoms with Crippen LogP contribution in [0.5, 0.6) is 0 Å². The van der Waals surface area contributed by atoms with E-state index in [1.807, 2.05) is 13.0 Å². The molecule has 5 nitrogen and oxygen atoms in total. The van der Waals surface area contributed by atoms with Gasteiger partial charge >= 0.3 is 0 Å². The molecular weight excluding hydrogens is 180 g/mol. The quantitative estimate of drug-likeness (QED) is 0.776. The molecule has 0 unspecified atom stereocenters. The van der Waals surface area contributed by atoms with Gasteiger partial charge < -0.3 is 10.2 Å². The van der Waals surface area contributed by atoms with E-state index in [2.05, 4.69) is 10.1 Å². The van der Waals surface area contributed by atoms with Gasteiger partial charge in [-0.25, -0.2) is 9.67 Å². The molecule has 2 aromatic rings. The maximum atomic E-state index is 5.48. The lowest BCUT2D eigenvalue weighted by Crippen LogP contribution is -1.99. The summed E-state index contributed by atoms with van der Waals surface area (Å²) in [5.41, 5.74) is 6.57. The summed E-state index contributed by atoms with van der Waals surface area (Å²) in [5.74, 6) is 1.69. The molecule has 5 heteroatoms. The van der Waals surface area contributed by atoms with Crippen molar-refractivity contribution in [3.05, 3.63) is 35.8 Å². The number of hydrogen-bond acceptors (Lipinski definition) is 4. The van der Waals surface area contributed by atoms with Crippen LogP contribution in [0.15, 0.2) is 23.1 Å². The van der Waals surface area contributed by atoms with Crippen LogP contribution in [0.4, 0.5) is 0 Å². The van der Waals surface area contributed by atoms with E-state index in [-0.39, 0.29) is 0 Å². The summed E-state index contributed by atoms with van der Waals surface area (Å²) < 4.78 is 7.17. The average molecular weight is 192 g/mol. The van der Waals surface area contributed by atoms with Crippen molar-refractivity contribution in [2.24, 2.45) is 5.73 Å². The zero-order chi connectivity index (χ0) is 9.97. The van der Waals surface area contributed by atoms with Crippen LogP contribution < -0.4 is 5.73 Å². The van der Waals surface area contributed by atoms with Crippen molar-refractivity contribution in [3.63, 3.8) is 0 Å². The molecular formula is C9H12N4O. The third-order valence-electron chi connectivity index (χ3n) is 2.07. The molecule has 0 bridgehead atoms. The van der Waals surface area contributed by atoms with E-state index < -0.39 is 0 Å². The SMILES string of the molecule is Cc1oc(CN)cc1Cn1cncn1. The molecule has 0 aliphatic heterocycles. The zero-order valence-corrected chi connectivity index (χ0v) is 7.97. The third kappa shape index (κ3) is 1.67. The highest BCUT2D eigenvalue weighted by atomic mass is 16.3. The van der Waals surface area contributed by atoms with Gasteiger partial charge in [-0.05, 0) is 13.0 Å². The maximum Gasteiger partial charge on any atom is 0.137 e. The van der Waals surface area contributed by atoms with Crippen LogP contribution in [0.1, 0.15) is 17.1 Å². The van der Waals surface area contributed by atoms with Crippen molar-refractivity contribution < 1.29 is 4.42 Å². The first-order valence-electron chi connectivity index (χ1n) is 4.40. The molecule has 2 N–H and O–H groups in total. The van der Waals surface area contributed by atoms with Gasteiger partial charge in [0.25, 0.3) is 0 Å². The first-order chi connectivity index (χ1) is 6.79. The van der Waals surface area contributed by atoms with Crippen LogP contribution in [0.25, 0.3) is 0 Å². The largest absolute Gasteiger partial charge is 0.465 e. The lowest BCUT2D eigenvalue weighted by Gasteiger charge is -1.96. The molecule has 2 heterocycles. The van der Waals surface area contributed by atoms with Crippen LogP contribution in [-0.2, 0) is 13.1 Å². The minimum absolute atomic E-state index is 0.429. The van der Waals surface area contributed by atoms with Crippen molar-refractivity contribution in [1.29, 1.82) is 0 Å². The van der Waals surface area contributed by atoms with Gasteiger partial charge in [-0.3, -0.25) is 0 Å². The van der Waals surface area contributed by atoms with E-state index in [4.69, 9.17) is 10.2 Å². The Labute approximate surface area is 81.5 Å². The van der Waals surface area contributed by atoms with Crippen LogP contribution in [0.3, 0.4) is 0 Å². The van der Waals surface area contributed by atoms with Gasteiger partial charge in [0.05, 0.1) is 13.1 Å². The molecule has 0 atom stereocenters. The fourth-order valence-electron chi connectivity index (χ4n) is 1.33. The van der Waals surface area contributed by atoms with E-state index in [1.54, 1.807) is 11.0 Å². The van der Waals surface area contributed by atoms with Crippen molar-refractivity contribution >= 4 is 0 Å². The van der Waals surface area contributed by atoms with Crippen molar-refractivity contribution in [2.75, 3.05) is 0 Å². The Hall–Kier alpha value is -1.62. The molecule has 14 heavy (non-hydrogen) atoms. The lowest BCUT2D eigenvalue weighted by molar-refractivity contribution is 0.481. The molecule has 0 aliphatic rings. The second-order valence-corrected chi connectivity index (χ2v) is 3.09. The third-order valence-corrected chi connectivity index (χ3v) is 2.07. The van der Waals surface area contributed by atoms with E-state index in [0.29, 0.717) is 13.1 Å². The van der Waals surface area contributed by atoms with E-state index in [9.17, 15) is 0 Å². The molecule has 0 radical (unpaired) electrons. The lowest BCUT2D eigenvalue weighted by atomic mass is 10.2. The van der Waals surface area contributed by atoms with E-state index >= 15 is 0 Å². The summed E-state index contributed by atoms with van der Waals surface area (Å²) in [6, 6.07) is 1.96. The highest BCUT2D eigenvalue weighted by Gasteiger charge is 2.06. The second-order valence-electron chi connectivity index (χ2n) is 3.09. The van der Waals surface area contributed by atoms with Crippen molar-refractivity contribution in [3.8, 4) is 0 Å². The number of hydrogen-bond donors (Lipinski definition) is 1. The summed E-state index contributed by atoms with van der Waals surface area (Å²) in [6.07, 6.45) is 3.19. The molecule has 0 aliphatic carbocycles. The van der Waals surface area contributed by atoms with Crippen LogP contribution in [0, 0.1) is 6.92 Å². The Bertz CT molecular complexity index is 404. The van der Waals surface area contributed by atoms with Gasteiger partial charge in [0, 0.05) is 5.56 Å². The van der Waals surface area contributed by atoms with Gasteiger partial charge in [0.15, 0.2) is 0 Å². The summed E-state index contributed by atoms with van der Waals surface area (Å²) >= 11 is 0. The number of aryl methyl sites for hydroxylation is 1. The standard InChI is InChI=1S/C9H12N4O/c1-7-8(2-9(3-10)14-7)4-13-6-11-5-12-13/h2,5-6H,3-4,10H2,1H3. The monoisotopic (exact) mass is 192 g/mol.